The van der Waals surface area contributed by atoms with E-state index in [-0.39, 0.29) is 0 Å². The molecule has 3 heteroatoms. The molecule has 0 bridgehead atoms. The number of ether oxygens (including phenoxy) is 1. The highest BCUT2D eigenvalue weighted by molar-refractivity contribution is 5.13. The summed E-state index contributed by atoms with van der Waals surface area (Å²) >= 11 is 0. The van der Waals surface area contributed by atoms with Crippen LogP contribution in [0.2, 0.25) is 0 Å². The molecule has 0 spiro atoms. The summed E-state index contributed by atoms with van der Waals surface area (Å²) in [5, 5.41) is 19.9. The van der Waals surface area contributed by atoms with Gasteiger partial charge in [0.15, 0.2) is 0 Å². The molecule has 3 atom stereocenters. The van der Waals surface area contributed by atoms with Crippen molar-refractivity contribution in [3.8, 4) is 0 Å². The van der Waals surface area contributed by atoms with Crippen LogP contribution in [0.4, 0.5) is 0 Å². The van der Waals surface area contributed by atoms with Crippen LogP contribution in [0.1, 0.15) is 31.7 Å². The van der Waals surface area contributed by atoms with Crippen molar-refractivity contribution in [2.45, 2.75) is 51.1 Å². The molecule has 0 aliphatic rings. The van der Waals surface area contributed by atoms with Crippen LogP contribution in [-0.2, 0) is 11.3 Å². The van der Waals surface area contributed by atoms with E-state index in [2.05, 4.69) is 13.5 Å². The predicted molar refractivity (Wildman–Crippen MR) is 76.8 cm³/mol. The van der Waals surface area contributed by atoms with Gasteiger partial charge >= 0.3 is 0 Å². The normalized spacial score (nSPS) is 15.7. The molecule has 19 heavy (non-hydrogen) atoms. The molecular weight excluding hydrogens is 240 g/mol. The first kappa shape index (κ1) is 15.9. The topological polar surface area (TPSA) is 49.7 Å². The largest absolute Gasteiger partial charge is 0.390 e. The van der Waals surface area contributed by atoms with Crippen LogP contribution in [0.15, 0.2) is 43.0 Å². The van der Waals surface area contributed by atoms with Crippen LogP contribution < -0.4 is 0 Å². The average Bonchev–Trinajstić information content (AvgIpc) is 2.46. The Morgan fingerprint density at radius 1 is 1.26 bits per heavy atom. The molecule has 106 valence electrons. The molecule has 0 saturated heterocycles. The minimum Gasteiger partial charge on any atom is -0.390 e. The number of rotatable bonds is 9. The number of benzene rings is 1. The van der Waals surface area contributed by atoms with Gasteiger partial charge in [-0.15, -0.1) is 6.58 Å². The lowest BCUT2D eigenvalue weighted by molar-refractivity contribution is -0.0774. The van der Waals surface area contributed by atoms with E-state index in [1.807, 2.05) is 30.3 Å². The fourth-order valence-corrected chi connectivity index (χ4v) is 1.88. The van der Waals surface area contributed by atoms with Crippen molar-refractivity contribution >= 4 is 0 Å². The van der Waals surface area contributed by atoms with E-state index in [1.54, 1.807) is 6.08 Å². The summed E-state index contributed by atoms with van der Waals surface area (Å²) in [6.07, 6.45) is 1.77. The van der Waals surface area contributed by atoms with Crippen molar-refractivity contribution in [2.24, 2.45) is 0 Å². The number of unbranched alkanes of at least 4 members (excludes halogenated alkanes) is 1. The van der Waals surface area contributed by atoms with Crippen molar-refractivity contribution in [1.82, 2.24) is 0 Å². The second-order valence-electron chi connectivity index (χ2n) is 4.70. The number of aliphatic hydroxyl groups is 2. The van der Waals surface area contributed by atoms with Gasteiger partial charge in [0.1, 0.15) is 12.2 Å². The molecule has 0 aromatic heterocycles. The Labute approximate surface area is 115 Å². The molecule has 0 unspecified atom stereocenters. The Balaban J connectivity index is 2.46. The van der Waals surface area contributed by atoms with Crippen LogP contribution in [-0.4, -0.2) is 28.5 Å². The van der Waals surface area contributed by atoms with Crippen LogP contribution >= 0.6 is 0 Å². The van der Waals surface area contributed by atoms with Crippen LogP contribution in [0.25, 0.3) is 0 Å². The van der Waals surface area contributed by atoms with E-state index in [9.17, 15) is 10.2 Å². The smallest absolute Gasteiger partial charge is 0.110 e. The van der Waals surface area contributed by atoms with Gasteiger partial charge in [-0.3, -0.25) is 0 Å². The molecule has 0 aliphatic carbocycles. The first-order valence-corrected chi connectivity index (χ1v) is 6.83. The summed E-state index contributed by atoms with van der Waals surface area (Å²) in [6.45, 7) is 6.11. The maximum atomic E-state index is 10.0. The molecule has 0 amide bonds. The Morgan fingerprint density at radius 2 is 1.95 bits per heavy atom. The molecule has 0 aliphatic heterocycles. The number of hydrogen-bond donors (Lipinski definition) is 2. The molecule has 3 nitrogen and oxygen atoms in total. The molecule has 0 fully saturated rings. The summed E-state index contributed by atoms with van der Waals surface area (Å²) in [5.74, 6) is 0. The first-order chi connectivity index (χ1) is 9.19. The van der Waals surface area contributed by atoms with E-state index in [0.717, 1.165) is 18.4 Å². The third kappa shape index (κ3) is 5.55. The van der Waals surface area contributed by atoms with Gasteiger partial charge in [0.05, 0.1) is 12.7 Å². The maximum Gasteiger partial charge on any atom is 0.110 e. The first-order valence-electron chi connectivity index (χ1n) is 6.83. The standard InChI is InChI=1S/C16H24O3/c1-3-5-11-14(17)16(18)15(4-2)19-12-13-9-7-6-8-10-13/h4,6-10,14-18H,2-3,5,11-12H2,1H3/t14-,15+,16+/m1/s1. The van der Waals surface area contributed by atoms with E-state index in [0.29, 0.717) is 13.0 Å². The monoisotopic (exact) mass is 264 g/mol. The van der Waals surface area contributed by atoms with Crippen LogP contribution in [0, 0.1) is 0 Å². The quantitative estimate of drug-likeness (QED) is 0.674. The molecule has 0 radical (unpaired) electrons. The van der Waals surface area contributed by atoms with Crippen molar-refractivity contribution in [1.29, 1.82) is 0 Å². The Bertz CT molecular complexity index is 350. The molecular formula is C16H24O3. The van der Waals surface area contributed by atoms with E-state index in [1.165, 1.54) is 0 Å². The molecule has 2 N–H and O–H groups in total. The summed E-state index contributed by atoms with van der Waals surface area (Å²) in [6, 6.07) is 9.74. The van der Waals surface area contributed by atoms with Gasteiger partial charge in [0, 0.05) is 0 Å². The van der Waals surface area contributed by atoms with E-state index >= 15 is 0 Å². The van der Waals surface area contributed by atoms with Crippen molar-refractivity contribution in [3.63, 3.8) is 0 Å². The third-order valence-corrected chi connectivity index (χ3v) is 3.10. The Hall–Kier alpha value is -1.16. The molecule has 1 aromatic rings. The molecule has 0 heterocycles. The molecule has 0 saturated carbocycles. The Morgan fingerprint density at radius 3 is 2.53 bits per heavy atom. The number of hydrogen-bond acceptors (Lipinski definition) is 3. The van der Waals surface area contributed by atoms with Crippen LogP contribution in [0.3, 0.4) is 0 Å². The lowest BCUT2D eigenvalue weighted by atomic mass is 10.0. The maximum absolute atomic E-state index is 10.0. The van der Waals surface area contributed by atoms with Gasteiger partial charge in [-0.1, -0.05) is 56.2 Å². The zero-order valence-electron chi connectivity index (χ0n) is 11.5. The van der Waals surface area contributed by atoms with Crippen molar-refractivity contribution in [3.05, 3.63) is 48.6 Å². The lowest BCUT2D eigenvalue weighted by Crippen LogP contribution is -2.37. The zero-order chi connectivity index (χ0) is 14.1. The third-order valence-electron chi connectivity index (χ3n) is 3.10. The number of aliphatic hydroxyl groups excluding tert-OH is 2. The fourth-order valence-electron chi connectivity index (χ4n) is 1.88. The van der Waals surface area contributed by atoms with E-state index < -0.39 is 18.3 Å². The summed E-state index contributed by atoms with van der Waals surface area (Å²) < 4.78 is 5.61. The highest BCUT2D eigenvalue weighted by Gasteiger charge is 2.24. The van der Waals surface area contributed by atoms with Crippen molar-refractivity contribution < 1.29 is 14.9 Å². The van der Waals surface area contributed by atoms with Crippen molar-refractivity contribution in [2.75, 3.05) is 0 Å². The van der Waals surface area contributed by atoms with Gasteiger partial charge in [-0.2, -0.15) is 0 Å². The average molecular weight is 264 g/mol. The second-order valence-corrected chi connectivity index (χ2v) is 4.70. The molecule has 1 aromatic carbocycles. The zero-order valence-corrected chi connectivity index (χ0v) is 11.5. The summed E-state index contributed by atoms with van der Waals surface area (Å²) in [7, 11) is 0. The van der Waals surface area contributed by atoms with Gasteiger partial charge in [0.2, 0.25) is 0 Å². The second kappa shape index (κ2) is 8.86. The highest BCUT2D eigenvalue weighted by Crippen LogP contribution is 2.13. The van der Waals surface area contributed by atoms with Gasteiger partial charge in [-0.05, 0) is 12.0 Å². The minimum absolute atomic E-state index is 0.398. The summed E-state index contributed by atoms with van der Waals surface area (Å²) in [4.78, 5) is 0. The predicted octanol–water partition coefficient (Wildman–Crippen LogP) is 2.67. The summed E-state index contributed by atoms with van der Waals surface area (Å²) in [5.41, 5.74) is 1.03. The van der Waals surface area contributed by atoms with Crippen LogP contribution in [0.5, 0.6) is 0 Å². The van der Waals surface area contributed by atoms with Gasteiger partial charge in [-0.25, -0.2) is 0 Å². The minimum atomic E-state index is -0.923. The van der Waals surface area contributed by atoms with Gasteiger partial charge < -0.3 is 14.9 Å². The molecule has 1 rings (SSSR count). The lowest BCUT2D eigenvalue weighted by Gasteiger charge is -2.24. The van der Waals surface area contributed by atoms with Gasteiger partial charge in [0.25, 0.3) is 0 Å². The highest BCUT2D eigenvalue weighted by atomic mass is 16.5. The van der Waals surface area contributed by atoms with E-state index in [4.69, 9.17) is 4.74 Å². The SMILES string of the molecule is C=C[C@H](OCc1ccccc1)[C@@H](O)[C@H](O)CCCC. The fraction of sp³-hybridized carbons (Fsp3) is 0.500. The Kier molecular flexibility index (Phi) is 7.41.